The van der Waals surface area contributed by atoms with Gasteiger partial charge in [0.1, 0.15) is 17.3 Å². The predicted octanol–water partition coefficient (Wildman–Crippen LogP) is 3.63. The Hall–Kier alpha value is -3.36. The molecule has 0 spiro atoms. The smallest absolute Gasteiger partial charge is 0.295 e. The Morgan fingerprint density at radius 2 is 1.78 bits per heavy atom. The van der Waals surface area contributed by atoms with Crippen molar-refractivity contribution in [1.82, 2.24) is 9.80 Å². The third-order valence-corrected chi connectivity index (χ3v) is 6.43. The van der Waals surface area contributed by atoms with Crippen LogP contribution in [0, 0.1) is 0 Å². The number of nitrogens with zero attached hydrogens (tertiary/aromatic N) is 2. The normalized spacial score (nSPS) is 20.2. The number of benzene rings is 2. The molecule has 2 fully saturated rings. The summed E-state index contributed by atoms with van der Waals surface area (Å²) in [6.45, 7) is 8.18. The number of ketones is 1. The van der Waals surface area contributed by atoms with Crippen LogP contribution in [0.3, 0.4) is 0 Å². The molecule has 0 saturated carbocycles. The van der Waals surface area contributed by atoms with Crippen LogP contribution < -0.4 is 9.47 Å². The van der Waals surface area contributed by atoms with E-state index in [2.05, 4.69) is 4.90 Å². The first-order chi connectivity index (χ1) is 17.4. The number of morpholine rings is 1. The monoisotopic (exact) mass is 494 g/mol. The Labute approximate surface area is 212 Å². The number of hydrogen-bond acceptors (Lipinski definition) is 7. The van der Waals surface area contributed by atoms with Gasteiger partial charge in [0.05, 0.1) is 38.0 Å². The van der Waals surface area contributed by atoms with E-state index in [0.717, 1.165) is 19.6 Å². The second-order valence-electron chi connectivity index (χ2n) is 9.27. The molecular weight excluding hydrogens is 460 g/mol. The zero-order valence-electron chi connectivity index (χ0n) is 21.1. The number of ether oxygens (including phenoxy) is 3. The van der Waals surface area contributed by atoms with Crippen LogP contribution >= 0.6 is 0 Å². The van der Waals surface area contributed by atoms with Gasteiger partial charge in [-0.15, -0.1) is 0 Å². The number of Topliss-reactive ketones (excluding diaryl/α,β-unsaturated/α-hetero) is 1. The molecule has 0 aliphatic carbocycles. The van der Waals surface area contributed by atoms with Gasteiger partial charge in [0, 0.05) is 31.7 Å². The van der Waals surface area contributed by atoms with Crippen LogP contribution in [0.2, 0.25) is 0 Å². The van der Waals surface area contributed by atoms with E-state index < -0.39 is 17.7 Å². The van der Waals surface area contributed by atoms with Crippen molar-refractivity contribution in [3.8, 4) is 11.5 Å². The topological polar surface area (TPSA) is 88.5 Å². The van der Waals surface area contributed by atoms with Crippen molar-refractivity contribution in [2.75, 3.05) is 46.5 Å². The van der Waals surface area contributed by atoms with E-state index in [4.69, 9.17) is 14.2 Å². The lowest BCUT2D eigenvalue weighted by molar-refractivity contribution is -0.140. The molecule has 0 aromatic heterocycles. The van der Waals surface area contributed by atoms with Crippen LogP contribution in [-0.4, -0.2) is 79.2 Å². The van der Waals surface area contributed by atoms with Crippen LogP contribution in [-0.2, 0) is 14.3 Å². The molecule has 2 saturated heterocycles. The molecule has 2 aliphatic heterocycles. The second kappa shape index (κ2) is 11.6. The van der Waals surface area contributed by atoms with Gasteiger partial charge in [-0.1, -0.05) is 12.1 Å². The van der Waals surface area contributed by atoms with Crippen molar-refractivity contribution < 1.29 is 28.9 Å². The first kappa shape index (κ1) is 25.7. The lowest BCUT2D eigenvalue weighted by Crippen LogP contribution is -2.38. The summed E-state index contributed by atoms with van der Waals surface area (Å²) in [5.41, 5.74) is 1.24. The van der Waals surface area contributed by atoms with Gasteiger partial charge < -0.3 is 24.2 Å². The molecule has 0 bridgehead atoms. The van der Waals surface area contributed by atoms with E-state index in [9.17, 15) is 14.7 Å². The average molecular weight is 495 g/mol. The lowest BCUT2D eigenvalue weighted by Gasteiger charge is -2.29. The molecule has 1 atom stereocenters. The molecule has 2 aromatic rings. The summed E-state index contributed by atoms with van der Waals surface area (Å²) in [6, 6.07) is 13.4. The average Bonchev–Trinajstić information content (AvgIpc) is 3.14. The molecule has 2 aliphatic rings. The van der Waals surface area contributed by atoms with Crippen molar-refractivity contribution in [3.63, 3.8) is 0 Å². The van der Waals surface area contributed by atoms with Gasteiger partial charge in [0.15, 0.2) is 0 Å². The van der Waals surface area contributed by atoms with Crippen molar-refractivity contribution in [1.29, 1.82) is 0 Å². The number of methoxy groups -OCH3 is 1. The minimum Gasteiger partial charge on any atom is -0.507 e. The first-order valence-electron chi connectivity index (χ1n) is 12.4. The van der Waals surface area contributed by atoms with Crippen LogP contribution in [0.4, 0.5) is 0 Å². The highest BCUT2D eigenvalue weighted by molar-refractivity contribution is 6.46. The fourth-order valence-electron chi connectivity index (χ4n) is 4.68. The Morgan fingerprint density at radius 3 is 2.44 bits per heavy atom. The molecule has 1 amide bonds. The number of likely N-dealkylation sites (tertiary alicyclic amines) is 1. The Kier molecular flexibility index (Phi) is 8.28. The van der Waals surface area contributed by atoms with E-state index >= 15 is 0 Å². The Balaban J connectivity index is 1.66. The molecule has 0 radical (unpaired) electrons. The maximum atomic E-state index is 13.3. The summed E-state index contributed by atoms with van der Waals surface area (Å²) < 4.78 is 16.5. The third kappa shape index (κ3) is 5.71. The number of rotatable bonds is 9. The fraction of sp³-hybridized carbons (Fsp3) is 0.429. The minimum atomic E-state index is -0.712. The van der Waals surface area contributed by atoms with Gasteiger partial charge in [-0.25, -0.2) is 0 Å². The SMILES string of the molecule is COc1cccc(C2C(=C(O)c3ccc(OC(C)C)cc3)C(=O)C(=O)N2CCCN2CCOCC2)c1. The molecule has 8 heteroatoms. The zero-order chi connectivity index (χ0) is 25.7. The summed E-state index contributed by atoms with van der Waals surface area (Å²) in [7, 11) is 1.57. The number of aliphatic hydroxyl groups is 1. The van der Waals surface area contributed by atoms with Crippen molar-refractivity contribution >= 4 is 17.4 Å². The highest BCUT2D eigenvalue weighted by Crippen LogP contribution is 2.40. The number of carbonyl (C=O) groups excluding carboxylic acids is 2. The van der Waals surface area contributed by atoms with E-state index in [1.807, 2.05) is 32.0 Å². The molecule has 36 heavy (non-hydrogen) atoms. The molecule has 4 rings (SSSR count). The molecule has 1 unspecified atom stereocenters. The van der Waals surface area contributed by atoms with Crippen molar-refractivity contribution in [2.24, 2.45) is 0 Å². The summed E-state index contributed by atoms with van der Waals surface area (Å²) in [5, 5.41) is 11.3. The van der Waals surface area contributed by atoms with Gasteiger partial charge in [0.2, 0.25) is 0 Å². The Bertz CT molecular complexity index is 1110. The van der Waals surface area contributed by atoms with Crippen LogP contribution in [0.1, 0.15) is 37.4 Å². The predicted molar refractivity (Wildman–Crippen MR) is 136 cm³/mol. The van der Waals surface area contributed by atoms with Crippen LogP contribution in [0.15, 0.2) is 54.1 Å². The maximum Gasteiger partial charge on any atom is 0.295 e. The largest absolute Gasteiger partial charge is 0.507 e. The standard InChI is InChI=1S/C28H34N2O6/c1-19(2)36-22-10-8-20(9-11-22)26(31)24-25(21-6-4-7-23(18-21)34-3)30(28(33)27(24)32)13-5-12-29-14-16-35-17-15-29/h4,6-11,18-19,25,31H,5,12-17H2,1-3H3. The highest BCUT2D eigenvalue weighted by atomic mass is 16.5. The molecule has 2 aromatic carbocycles. The molecule has 192 valence electrons. The van der Waals surface area contributed by atoms with Crippen molar-refractivity contribution in [2.45, 2.75) is 32.4 Å². The summed E-state index contributed by atoms with van der Waals surface area (Å²) >= 11 is 0. The number of amides is 1. The summed E-state index contributed by atoms with van der Waals surface area (Å²) in [5.74, 6) is -0.218. The van der Waals surface area contributed by atoms with Crippen molar-refractivity contribution in [3.05, 3.63) is 65.2 Å². The zero-order valence-corrected chi connectivity index (χ0v) is 21.1. The van der Waals surface area contributed by atoms with E-state index in [1.54, 1.807) is 42.3 Å². The molecule has 2 heterocycles. The quantitative estimate of drug-likeness (QED) is 0.324. The first-order valence-corrected chi connectivity index (χ1v) is 12.4. The lowest BCUT2D eigenvalue weighted by atomic mass is 9.95. The summed E-state index contributed by atoms with van der Waals surface area (Å²) in [4.78, 5) is 30.3. The number of carbonyl (C=O) groups is 2. The molecule has 1 N–H and O–H groups in total. The maximum absolute atomic E-state index is 13.3. The number of hydrogen-bond donors (Lipinski definition) is 1. The third-order valence-electron chi connectivity index (χ3n) is 6.43. The van der Waals surface area contributed by atoms with Crippen LogP contribution in [0.5, 0.6) is 11.5 Å². The van der Waals surface area contributed by atoms with Gasteiger partial charge in [-0.3, -0.25) is 14.5 Å². The molecule has 8 nitrogen and oxygen atoms in total. The Morgan fingerprint density at radius 1 is 1.06 bits per heavy atom. The molecular formula is C28H34N2O6. The number of aliphatic hydroxyl groups excluding tert-OH is 1. The minimum absolute atomic E-state index is 0.0142. The van der Waals surface area contributed by atoms with E-state index in [0.29, 0.717) is 48.8 Å². The highest BCUT2D eigenvalue weighted by Gasteiger charge is 2.46. The van der Waals surface area contributed by atoms with Gasteiger partial charge in [0.25, 0.3) is 11.7 Å². The fourth-order valence-corrected chi connectivity index (χ4v) is 4.68. The second-order valence-corrected chi connectivity index (χ2v) is 9.27. The van der Waals surface area contributed by atoms with E-state index in [-0.39, 0.29) is 17.4 Å². The van der Waals surface area contributed by atoms with Gasteiger partial charge >= 0.3 is 0 Å². The van der Waals surface area contributed by atoms with Crippen LogP contribution in [0.25, 0.3) is 5.76 Å². The summed E-state index contributed by atoms with van der Waals surface area (Å²) in [6.07, 6.45) is 0.717. The van der Waals surface area contributed by atoms with Gasteiger partial charge in [-0.2, -0.15) is 0 Å². The van der Waals surface area contributed by atoms with Gasteiger partial charge in [-0.05, 0) is 62.2 Å². The van der Waals surface area contributed by atoms with E-state index in [1.165, 1.54) is 0 Å².